The van der Waals surface area contributed by atoms with Crippen LogP contribution in [0.1, 0.15) is 5.56 Å². The number of benzene rings is 1. The van der Waals surface area contributed by atoms with Gasteiger partial charge in [-0.05, 0) is 18.1 Å². The molecular formula is C13H18N2O3. The Kier molecular flexibility index (Phi) is 4.17. The van der Waals surface area contributed by atoms with Gasteiger partial charge in [-0.3, -0.25) is 4.79 Å². The van der Waals surface area contributed by atoms with Crippen molar-refractivity contribution in [2.45, 2.75) is 12.5 Å². The van der Waals surface area contributed by atoms with E-state index in [1.165, 1.54) is 0 Å². The smallest absolute Gasteiger partial charge is 0.225 e. The minimum atomic E-state index is -0.891. The highest BCUT2D eigenvalue weighted by Crippen LogP contribution is 2.24. The van der Waals surface area contributed by atoms with E-state index in [-0.39, 0.29) is 25.0 Å². The monoisotopic (exact) mass is 250 g/mol. The highest BCUT2D eigenvalue weighted by Gasteiger charge is 2.24. The van der Waals surface area contributed by atoms with Crippen molar-refractivity contribution in [3.05, 3.63) is 29.8 Å². The lowest BCUT2D eigenvalue weighted by Gasteiger charge is -2.25. The Labute approximate surface area is 106 Å². The molecule has 0 saturated heterocycles. The number of para-hydroxylation sites is 1. The number of aliphatic hydroxyl groups excluding tert-OH is 2. The molecule has 0 fully saturated rings. The Bertz CT molecular complexity index is 422. The predicted molar refractivity (Wildman–Crippen MR) is 68.2 cm³/mol. The molecule has 1 aromatic carbocycles. The zero-order valence-corrected chi connectivity index (χ0v) is 10.1. The van der Waals surface area contributed by atoms with Crippen molar-refractivity contribution in [3.8, 4) is 0 Å². The first-order chi connectivity index (χ1) is 8.70. The maximum Gasteiger partial charge on any atom is 0.225 e. The van der Waals surface area contributed by atoms with Crippen LogP contribution in [0.4, 0.5) is 5.69 Å². The summed E-state index contributed by atoms with van der Waals surface area (Å²) < 4.78 is 0. The van der Waals surface area contributed by atoms with E-state index in [4.69, 9.17) is 5.11 Å². The summed E-state index contributed by atoms with van der Waals surface area (Å²) in [5.74, 6) is -0.227. The largest absolute Gasteiger partial charge is 0.394 e. The average molecular weight is 250 g/mol. The molecule has 1 aromatic rings. The number of carbonyl (C=O) groups is 1. The molecule has 0 spiro atoms. The number of fused-ring (bicyclic) bond motifs is 1. The van der Waals surface area contributed by atoms with Crippen molar-refractivity contribution < 1.29 is 15.0 Å². The molecule has 1 aliphatic heterocycles. The highest BCUT2D eigenvalue weighted by atomic mass is 16.3. The minimum Gasteiger partial charge on any atom is -0.394 e. The molecule has 0 aliphatic carbocycles. The average Bonchev–Trinajstić information content (AvgIpc) is 2.43. The summed E-state index contributed by atoms with van der Waals surface area (Å²) >= 11 is 0. The summed E-state index contributed by atoms with van der Waals surface area (Å²) in [5.41, 5.74) is 2.21. The van der Waals surface area contributed by atoms with Crippen molar-refractivity contribution in [2.75, 3.05) is 25.0 Å². The fraction of sp³-hybridized carbons (Fsp3) is 0.462. The maximum atomic E-state index is 11.9. The zero-order valence-electron chi connectivity index (χ0n) is 10.1. The van der Waals surface area contributed by atoms with Gasteiger partial charge in [0, 0.05) is 18.8 Å². The second kappa shape index (κ2) is 5.84. The number of aliphatic hydroxyl groups is 2. The molecule has 2 atom stereocenters. The van der Waals surface area contributed by atoms with Gasteiger partial charge in [-0.15, -0.1) is 0 Å². The van der Waals surface area contributed by atoms with E-state index in [2.05, 4.69) is 10.6 Å². The van der Waals surface area contributed by atoms with E-state index in [0.717, 1.165) is 11.3 Å². The first kappa shape index (κ1) is 12.9. The maximum absolute atomic E-state index is 11.9. The van der Waals surface area contributed by atoms with Gasteiger partial charge in [-0.25, -0.2) is 0 Å². The van der Waals surface area contributed by atoms with Crippen LogP contribution in [0.2, 0.25) is 0 Å². The van der Waals surface area contributed by atoms with Gasteiger partial charge in [0.1, 0.15) is 0 Å². The quantitative estimate of drug-likeness (QED) is 0.593. The van der Waals surface area contributed by atoms with E-state index in [1.807, 2.05) is 24.3 Å². The molecule has 0 saturated carbocycles. The zero-order chi connectivity index (χ0) is 13.0. The van der Waals surface area contributed by atoms with Gasteiger partial charge in [0.25, 0.3) is 0 Å². The Morgan fingerprint density at radius 3 is 3.06 bits per heavy atom. The van der Waals surface area contributed by atoms with Crippen LogP contribution in [-0.2, 0) is 11.2 Å². The minimum absolute atomic E-state index is 0.0908. The Morgan fingerprint density at radius 1 is 1.50 bits per heavy atom. The Morgan fingerprint density at radius 2 is 2.28 bits per heavy atom. The molecule has 0 bridgehead atoms. The van der Waals surface area contributed by atoms with Crippen LogP contribution in [0.15, 0.2) is 24.3 Å². The van der Waals surface area contributed by atoms with Gasteiger partial charge in [-0.1, -0.05) is 18.2 Å². The third-order valence-corrected chi connectivity index (χ3v) is 3.12. The molecule has 18 heavy (non-hydrogen) atoms. The summed E-state index contributed by atoms with van der Waals surface area (Å²) in [6.07, 6.45) is -0.192. The van der Waals surface area contributed by atoms with E-state index >= 15 is 0 Å². The molecule has 5 heteroatoms. The molecule has 0 radical (unpaired) electrons. The van der Waals surface area contributed by atoms with Crippen LogP contribution in [0.25, 0.3) is 0 Å². The Balaban J connectivity index is 1.90. The fourth-order valence-corrected chi connectivity index (χ4v) is 2.05. The van der Waals surface area contributed by atoms with Gasteiger partial charge in [0.2, 0.25) is 5.91 Å². The van der Waals surface area contributed by atoms with Crippen LogP contribution in [0.3, 0.4) is 0 Å². The molecule has 98 valence electrons. The summed E-state index contributed by atoms with van der Waals surface area (Å²) in [6.45, 7) is 0.345. The summed E-state index contributed by atoms with van der Waals surface area (Å²) in [7, 11) is 0. The molecule has 1 heterocycles. The van der Waals surface area contributed by atoms with Crippen molar-refractivity contribution in [3.63, 3.8) is 0 Å². The number of nitrogens with one attached hydrogen (secondary N) is 2. The van der Waals surface area contributed by atoms with E-state index in [9.17, 15) is 9.90 Å². The predicted octanol–water partition coefficient (Wildman–Crippen LogP) is -0.260. The molecule has 1 aliphatic rings. The standard InChI is InChI=1S/C13H18N2O3/c16-8-11(17)7-15-13(18)10-5-9-3-1-2-4-12(9)14-6-10/h1-4,10-11,14,16-17H,5-8H2,(H,15,18). The van der Waals surface area contributed by atoms with Crippen LogP contribution in [-0.4, -0.2) is 41.9 Å². The molecule has 2 unspecified atom stereocenters. The van der Waals surface area contributed by atoms with Crippen LogP contribution < -0.4 is 10.6 Å². The second-order valence-electron chi connectivity index (χ2n) is 4.52. The molecule has 2 rings (SSSR count). The first-order valence-corrected chi connectivity index (χ1v) is 6.09. The molecule has 5 nitrogen and oxygen atoms in total. The highest BCUT2D eigenvalue weighted by molar-refractivity contribution is 5.80. The molecule has 1 amide bonds. The number of hydrogen-bond donors (Lipinski definition) is 4. The fourth-order valence-electron chi connectivity index (χ4n) is 2.05. The molecule has 0 aromatic heterocycles. The summed E-state index contributed by atoms with van der Waals surface area (Å²) in [4.78, 5) is 11.9. The van der Waals surface area contributed by atoms with Crippen LogP contribution in [0.5, 0.6) is 0 Å². The van der Waals surface area contributed by atoms with Gasteiger partial charge in [0.05, 0.1) is 18.6 Å². The van der Waals surface area contributed by atoms with E-state index in [0.29, 0.717) is 13.0 Å². The van der Waals surface area contributed by atoms with E-state index < -0.39 is 6.10 Å². The third-order valence-electron chi connectivity index (χ3n) is 3.12. The van der Waals surface area contributed by atoms with E-state index in [1.54, 1.807) is 0 Å². The van der Waals surface area contributed by atoms with Gasteiger partial charge >= 0.3 is 0 Å². The van der Waals surface area contributed by atoms with Gasteiger partial charge in [-0.2, -0.15) is 0 Å². The summed E-state index contributed by atoms with van der Waals surface area (Å²) in [5, 5.41) is 23.7. The van der Waals surface area contributed by atoms with Crippen molar-refractivity contribution in [2.24, 2.45) is 5.92 Å². The number of amides is 1. The van der Waals surface area contributed by atoms with Crippen molar-refractivity contribution >= 4 is 11.6 Å². The van der Waals surface area contributed by atoms with Gasteiger partial charge < -0.3 is 20.8 Å². The first-order valence-electron chi connectivity index (χ1n) is 6.09. The second-order valence-corrected chi connectivity index (χ2v) is 4.52. The summed E-state index contributed by atoms with van der Waals surface area (Å²) in [6, 6.07) is 7.92. The number of rotatable bonds is 4. The normalized spacial score (nSPS) is 19.6. The number of carbonyl (C=O) groups excluding carboxylic acids is 1. The lowest BCUT2D eigenvalue weighted by Crippen LogP contribution is -2.41. The number of hydrogen-bond acceptors (Lipinski definition) is 4. The van der Waals surface area contributed by atoms with Gasteiger partial charge in [0.15, 0.2) is 0 Å². The number of anilines is 1. The SMILES string of the molecule is O=C(NCC(O)CO)C1CNc2ccccc2C1. The lowest BCUT2D eigenvalue weighted by atomic mass is 9.93. The Hall–Kier alpha value is -1.59. The topological polar surface area (TPSA) is 81.6 Å². The van der Waals surface area contributed by atoms with Crippen LogP contribution >= 0.6 is 0 Å². The molecular weight excluding hydrogens is 232 g/mol. The molecule has 4 N–H and O–H groups in total. The lowest BCUT2D eigenvalue weighted by molar-refractivity contribution is -0.125. The van der Waals surface area contributed by atoms with Crippen molar-refractivity contribution in [1.29, 1.82) is 0 Å². The van der Waals surface area contributed by atoms with Crippen molar-refractivity contribution in [1.82, 2.24) is 5.32 Å². The third kappa shape index (κ3) is 3.00. The van der Waals surface area contributed by atoms with Crippen LogP contribution in [0, 0.1) is 5.92 Å².